The van der Waals surface area contributed by atoms with Crippen molar-refractivity contribution in [1.29, 1.82) is 0 Å². The lowest BCUT2D eigenvalue weighted by Crippen LogP contribution is -2.26. The molecule has 0 saturated heterocycles. The van der Waals surface area contributed by atoms with Crippen LogP contribution in [0.15, 0.2) is 77.5 Å². The van der Waals surface area contributed by atoms with Gasteiger partial charge in [0.1, 0.15) is 5.69 Å². The van der Waals surface area contributed by atoms with Crippen LogP contribution >= 0.6 is 11.6 Å². The molecule has 1 aliphatic heterocycles. The summed E-state index contributed by atoms with van der Waals surface area (Å²) < 4.78 is 99.5. The summed E-state index contributed by atoms with van der Waals surface area (Å²) in [6, 6.07) is 14.5. The van der Waals surface area contributed by atoms with Gasteiger partial charge in [-0.15, -0.1) is 0 Å². The van der Waals surface area contributed by atoms with Gasteiger partial charge in [-0.3, -0.25) is 4.79 Å². The molecule has 4 aromatic rings. The van der Waals surface area contributed by atoms with Gasteiger partial charge in [0.2, 0.25) is 0 Å². The van der Waals surface area contributed by atoms with E-state index in [1.807, 2.05) is 0 Å². The molecule has 13 heteroatoms. The van der Waals surface area contributed by atoms with Crippen LogP contribution in [0.3, 0.4) is 0 Å². The van der Waals surface area contributed by atoms with Crippen LogP contribution in [0.25, 0.3) is 23.0 Å². The average Bonchev–Trinajstić information content (AvgIpc) is 3.46. The van der Waals surface area contributed by atoms with Gasteiger partial charge in [0, 0.05) is 28.4 Å². The Morgan fingerprint density at radius 3 is 2.08 bits per heavy atom. The molecular weight excluding hydrogens is 553 g/mol. The molecule has 2 heterocycles. The molecule has 0 spiro atoms. The Morgan fingerprint density at radius 2 is 1.49 bits per heavy atom. The van der Waals surface area contributed by atoms with Crippen molar-refractivity contribution >= 4 is 35.0 Å². The Bertz CT molecular complexity index is 1640. The molecule has 0 fully saturated rings. The molecule has 39 heavy (non-hydrogen) atoms. The summed E-state index contributed by atoms with van der Waals surface area (Å²) in [4.78, 5) is 13.1. The molecule has 0 unspecified atom stereocenters. The minimum absolute atomic E-state index is 0.00491. The number of carbonyl (C=O) groups is 1. The van der Waals surface area contributed by atoms with Crippen LogP contribution in [0, 0.1) is 23.3 Å². The molecule has 0 radical (unpaired) electrons. The second kappa shape index (κ2) is 9.70. The topological polar surface area (TPSA) is 50.5 Å². The minimum atomic E-state index is -5.29. The summed E-state index contributed by atoms with van der Waals surface area (Å²) in [6.07, 6.45) is -3.17. The van der Waals surface area contributed by atoms with E-state index in [1.165, 1.54) is 23.0 Å². The fraction of sp³-hybridized carbons (Fsp3) is 0.0385. The molecule has 0 aliphatic carbocycles. The second-order valence-corrected chi connectivity index (χ2v) is 8.59. The fourth-order valence-electron chi connectivity index (χ4n) is 3.85. The van der Waals surface area contributed by atoms with Crippen LogP contribution in [0.5, 0.6) is 0 Å². The molecule has 5 nitrogen and oxygen atoms in total. The first-order valence-corrected chi connectivity index (χ1v) is 11.3. The summed E-state index contributed by atoms with van der Waals surface area (Å²) in [5.41, 5.74) is -3.61. The van der Waals surface area contributed by atoms with Crippen LogP contribution in [0.1, 0.15) is 5.56 Å². The Balaban J connectivity index is 1.70. The highest BCUT2D eigenvalue weighted by atomic mass is 35.5. The number of anilines is 1. The van der Waals surface area contributed by atoms with Gasteiger partial charge in [-0.25, -0.2) is 22.2 Å². The number of aromatic nitrogens is 2. The summed E-state index contributed by atoms with van der Waals surface area (Å²) in [5.74, 6) is -9.70. The summed E-state index contributed by atoms with van der Waals surface area (Å²) in [7, 11) is 0. The zero-order chi connectivity index (χ0) is 28.1. The summed E-state index contributed by atoms with van der Waals surface area (Å²) in [5, 5.41) is 7.47. The molecule has 5 rings (SSSR count). The number of nitrogens with zero attached hydrogens (tertiary/aromatic N) is 4. The van der Waals surface area contributed by atoms with Crippen molar-refractivity contribution in [2.24, 2.45) is 5.10 Å². The van der Waals surface area contributed by atoms with Crippen LogP contribution in [0.2, 0.25) is 5.02 Å². The van der Waals surface area contributed by atoms with Gasteiger partial charge in [-0.2, -0.15) is 28.4 Å². The molecule has 1 amide bonds. The van der Waals surface area contributed by atoms with E-state index in [9.17, 15) is 35.5 Å². The van der Waals surface area contributed by atoms with E-state index in [0.29, 0.717) is 16.3 Å². The molecule has 0 bridgehead atoms. The number of hydrazone groups is 1. The number of halogens is 8. The van der Waals surface area contributed by atoms with Crippen molar-refractivity contribution < 1.29 is 35.5 Å². The van der Waals surface area contributed by atoms with Gasteiger partial charge in [0.15, 0.2) is 29.0 Å². The van der Waals surface area contributed by atoms with Gasteiger partial charge in [-0.1, -0.05) is 41.9 Å². The van der Waals surface area contributed by atoms with E-state index in [2.05, 4.69) is 10.2 Å². The van der Waals surface area contributed by atoms with Gasteiger partial charge in [0.05, 0.1) is 17.0 Å². The largest absolute Gasteiger partial charge is 0.435 e. The maximum absolute atomic E-state index is 14.4. The first-order valence-electron chi connectivity index (χ1n) is 10.9. The third-order valence-electron chi connectivity index (χ3n) is 5.63. The summed E-state index contributed by atoms with van der Waals surface area (Å²) in [6.45, 7) is 0. The highest BCUT2D eigenvalue weighted by Crippen LogP contribution is 2.37. The zero-order valence-corrected chi connectivity index (χ0v) is 19.9. The van der Waals surface area contributed by atoms with E-state index < -0.39 is 52.3 Å². The number of amides is 1. The molecule has 1 aromatic heterocycles. The van der Waals surface area contributed by atoms with Gasteiger partial charge in [0.25, 0.3) is 5.91 Å². The van der Waals surface area contributed by atoms with Crippen LogP contribution in [-0.2, 0) is 4.79 Å². The monoisotopic (exact) mass is 564 g/mol. The van der Waals surface area contributed by atoms with Crippen LogP contribution in [0.4, 0.5) is 36.4 Å². The number of benzene rings is 3. The molecular formula is C26H12ClF7N4O. The average molecular weight is 565 g/mol. The summed E-state index contributed by atoms with van der Waals surface area (Å²) >= 11 is 5.94. The van der Waals surface area contributed by atoms with Crippen LogP contribution in [-0.4, -0.2) is 27.6 Å². The predicted molar refractivity (Wildman–Crippen MR) is 129 cm³/mol. The lowest BCUT2D eigenvalue weighted by molar-refractivity contribution is -0.114. The van der Waals surface area contributed by atoms with Crippen molar-refractivity contribution in [2.45, 2.75) is 6.18 Å². The van der Waals surface area contributed by atoms with Crippen molar-refractivity contribution in [3.05, 3.63) is 106 Å². The van der Waals surface area contributed by atoms with E-state index in [-0.39, 0.29) is 22.3 Å². The van der Waals surface area contributed by atoms with Gasteiger partial charge < -0.3 is 0 Å². The fourth-order valence-corrected chi connectivity index (χ4v) is 3.97. The minimum Gasteiger partial charge on any atom is -0.267 e. The lowest BCUT2D eigenvalue weighted by atomic mass is 10.0. The van der Waals surface area contributed by atoms with E-state index in [0.717, 1.165) is 6.08 Å². The Labute approximate surface area is 220 Å². The van der Waals surface area contributed by atoms with E-state index in [4.69, 9.17) is 11.6 Å². The Kier molecular flexibility index (Phi) is 6.51. The van der Waals surface area contributed by atoms with Gasteiger partial charge in [-0.05, 0) is 30.3 Å². The normalized spacial score (nSPS) is 14.9. The number of carbonyl (C=O) groups excluding carboxylic acids is 1. The van der Waals surface area contributed by atoms with Crippen LogP contribution < -0.4 is 5.01 Å². The molecule has 1 aliphatic rings. The van der Waals surface area contributed by atoms with Crippen molar-refractivity contribution in [3.63, 3.8) is 0 Å². The van der Waals surface area contributed by atoms with Crippen molar-refractivity contribution in [3.8, 4) is 16.9 Å². The van der Waals surface area contributed by atoms with E-state index in [1.54, 1.807) is 42.5 Å². The van der Waals surface area contributed by atoms with Gasteiger partial charge >= 0.3 is 6.18 Å². The number of hydrogen-bond acceptors (Lipinski definition) is 3. The number of para-hydroxylation sites is 1. The quantitative estimate of drug-likeness (QED) is 0.151. The Hall–Kier alpha value is -4.45. The first-order chi connectivity index (χ1) is 18.5. The van der Waals surface area contributed by atoms with Crippen molar-refractivity contribution in [2.75, 3.05) is 5.01 Å². The maximum atomic E-state index is 14.4. The highest BCUT2D eigenvalue weighted by Gasteiger charge is 2.48. The zero-order valence-electron chi connectivity index (χ0n) is 19.1. The van der Waals surface area contributed by atoms with Crippen molar-refractivity contribution in [1.82, 2.24) is 9.78 Å². The third kappa shape index (κ3) is 4.78. The molecule has 0 saturated carbocycles. The predicted octanol–water partition coefficient (Wildman–Crippen LogP) is 7.10. The smallest absolute Gasteiger partial charge is 0.267 e. The molecule has 198 valence electrons. The first kappa shape index (κ1) is 26.2. The molecule has 0 atom stereocenters. The Morgan fingerprint density at radius 1 is 0.872 bits per heavy atom. The number of alkyl halides is 3. The molecule has 0 N–H and O–H groups in total. The maximum Gasteiger partial charge on any atom is 0.435 e. The third-order valence-corrected chi connectivity index (χ3v) is 5.88. The number of hydrogen-bond donors (Lipinski definition) is 0. The number of rotatable bonds is 4. The SMILES string of the molecule is O=C1/C(=C\c2cn(-c3ccccc3)nc2-c2ccc(Cl)cc2)C(C(F)(F)F)=NN1c1c(F)c(F)cc(F)c1F. The molecule has 3 aromatic carbocycles. The standard InChI is InChI=1S/C26H12ClF7N4O/c27-15-8-6-13(7-9-15)22-14(12-37(35-22)16-4-2-1-3-5-16)10-17-24(26(32,33)34)36-38(25(17)39)23-20(30)18(28)11-19(29)21(23)31/h1-12H/b17-10-. The highest BCUT2D eigenvalue weighted by molar-refractivity contribution is 6.34. The van der Waals surface area contributed by atoms with E-state index >= 15 is 0 Å². The second-order valence-electron chi connectivity index (χ2n) is 8.16. The lowest BCUT2D eigenvalue weighted by Gasteiger charge is -2.14.